The van der Waals surface area contributed by atoms with Crippen molar-refractivity contribution in [2.75, 3.05) is 13.6 Å². The summed E-state index contributed by atoms with van der Waals surface area (Å²) in [5.74, 6) is -0.296. The van der Waals surface area contributed by atoms with Crippen LogP contribution in [0.25, 0.3) is 5.69 Å². The minimum absolute atomic E-state index is 0.0761. The molecular weight excluding hydrogens is 320 g/mol. The fourth-order valence-electron chi connectivity index (χ4n) is 2.03. The Hall–Kier alpha value is -2.33. The number of likely N-dealkylation sites (N-methyl/N-ethyl adjacent to an activating group) is 1. The van der Waals surface area contributed by atoms with Crippen LogP contribution in [0, 0.1) is 0 Å². The lowest BCUT2D eigenvalue weighted by Crippen LogP contribution is -2.39. The lowest BCUT2D eigenvalue weighted by Gasteiger charge is -2.17. The number of tetrazole rings is 1. The molecule has 1 saturated carbocycles. The van der Waals surface area contributed by atoms with Crippen molar-refractivity contribution >= 4 is 15.9 Å². The molecule has 2 aromatic rings. The first kappa shape index (κ1) is 15.6. The molecule has 1 aliphatic carbocycles. The summed E-state index contributed by atoms with van der Waals surface area (Å²) in [7, 11) is -2.39. The molecule has 0 saturated heterocycles. The second-order valence-corrected chi connectivity index (χ2v) is 7.40. The van der Waals surface area contributed by atoms with Crippen LogP contribution in [-0.2, 0) is 14.8 Å². The molecule has 10 heteroatoms. The quantitative estimate of drug-likeness (QED) is 0.766. The van der Waals surface area contributed by atoms with Gasteiger partial charge in [0.25, 0.3) is 0 Å². The smallest absolute Gasteiger partial charge is 0.243 e. The summed E-state index contributed by atoms with van der Waals surface area (Å²) in [4.78, 5) is 11.9. The maximum Gasteiger partial charge on any atom is 0.243 e. The van der Waals surface area contributed by atoms with Gasteiger partial charge < -0.3 is 5.32 Å². The van der Waals surface area contributed by atoms with Crippen LogP contribution in [-0.4, -0.2) is 58.5 Å². The van der Waals surface area contributed by atoms with Crippen molar-refractivity contribution in [2.45, 2.75) is 23.8 Å². The Morgan fingerprint density at radius 2 is 2.22 bits per heavy atom. The van der Waals surface area contributed by atoms with Crippen molar-refractivity contribution in [1.82, 2.24) is 29.8 Å². The zero-order chi connectivity index (χ0) is 16.4. The number of aromatic nitrogens is 4. The molecule has 0 radical (unpaired) electrons. The second-order valence-electron chi connectivity index (χ2n) is 5.35. The predicted molar refractivity (Wildman–Crippen MR) is 80.1 cm³/mol. The monoisotopic (exact) mass is 336 g/mol. The van der Waals surface area contributed by atoms with Gasteiger partial charge in [-0.05, 0) is 41.5 Å². The Balaban J connectivity index is 1.78. The Bertz CT molecular complexity index is 801. The van der Waals surface area contributed by atoms with Crippen LogP contribution in [0.15, 0.2) is 35.5 Å². The van der Waals surface area contributed by atoms with Gasteiger partial charge in [0, 0.05) is 13.1 Å². The van der Waals surface area contributed by atoms with Crippen molar-refractivity contribution in [3.8, 4) is 5.69 Å². The first-order chi connectivity index (χ1) is 11.0. The summed E-state index contributed by atoms with van der Waals surface area (Å²) in [6.07, 6.45) is 3.28. The van der Waals surface area contributed by atoms with Crippen molar-refractivity contribution in [3.05, 3.63) is 30.6 Å². The van der Waals surface area contributed by atoms with E-state index in [1.54, 1.807) is 12.1 Å². The first-order valence-electron chi connectivity index (χ1n) is 7.06. The highest BCUT2D eigenvalue weighted by molar-refractivity contribution is 7.89. The maximum atomic E-state index is 12.6. The van der Waals surface area contributed by atoms with E-state index in [1.165, 1.54) is 30.2 Å². The number of carbonyl (C=O) groups is 1. The van der Waals surface area contributed by atoms with E-state index in [1.807, 2.05) is 0 Å². The highest BCUT2D eigenvalue weighted by Gasteiger charge is 2.27. The topological polar surface area (TPSA) is 110 Å². The fourth-order valence-corrected chi connectivity index (χ4v) is 3.20. The van der Waals surface area contributed by atoms with Crippen LogP contribution in [0.5, 0.6) is 0 Å². The average Bonchev–Trinajstić information content (AvgIpc) is 3.16. The largest absolute Gasteiger partial charge is 0.352 e. The molecule has 9 nitrogen and oxygen atoms in total. The van der Waals surface area contributed by atoms with E-state index in [9.17, 15) is 13.2 Å². The van der Waals surface area contributed by atoms with Crippen molar-refractivity contribution < 1.29 is 13.2 Å². The Labute approximate surface area is 133 Å². The van der Waals surface area contributed by atoms with Crippen molar-refractivity contribution in [1.29, 1.82) is 0 Å². The van der Waals surface area contributed by atoms with Gasteiger partial charge in [0.05, 0.1) is 17.1 Å². The zero-order valence-corrected chi connectivity index (χ0v) is 13.3. The number of benzene rings is 1. The number of hydrogen-bond acceptors (Lipinski definition) is 6. The van der Waals surface area contributed by atoms with E-state index >= 15 is 0 Å². The lowest BCUT2D eigenvalue weighted by molar-refractivity contribution is -0.121. The summed E-state index contributed by atoms with van der Waals surface area (Å²) < 4.78 is 27.5. The van der Waals surface area contributed by atoms with Gasteiger partial charge in [0.15, 0.2) is 0 Å². The van der Waals surface area contributed by atoms with Gasteiger partial charge in [0.2, 0.25) is 15.9 Å². The van der Waals surface area contributed by atoms with Crippen LogP contribution in [0.2, 0.25) is 0 Å². The van der Waals surface area contributed by atoms with E-state index in [0.717, 1.165) is 17.1 Å². The molecule has 1 aliphatic rings. The summed E-state index contributed by atoms with van der Waals surface area (Å²) in [5, 5.41) is 13.5. The van der Waals surface area contributed by atoms with Crippen LogP contribution < -0.4 is 5.32 Å². The van der Waals surface area contributed by atoms with Crippen LogP contribution in [0.4, 0.5) is 0 Å². The normalized spacial score (nSPS) is 14.9. The van der Waals surface area contributed by atoms with E-state index in [4.69, 9.17) is 0 Å². The first-order valence-corrected chi connectivity index (χ1v) is 8.50. The summed E-state index contributed by atoms with van der Waals surface area (Å²) in [6, 6.07) is 6.41. The van der Waals surface area contributed by atoms with Gasteiger partial charge in [-0.3, -0.25) is 4.79 Å². The molecule has 1 aromatic carbocycles. The van der Waals surface area contributed by atoms with Gasteiger partial charge in [0.1, 0.15) is 6.33 Å². The molecule has 1 heterocycles. The molecule has 0 unspecified atom stereocenters. The summed E-state index contributed by atoms with van der Waals surface area (Å²) in [5.41, 5.74) is 0.520. The molecule has 23 heavy (non-hydrogen) atoms. The standard InChI is InChI=1S/C13H16N6O3S/c1-18(8-13(20)15-10-5-6-10)23(21,22)12-4-2-3-11(7-12)19-9-14-16-17-19/h2-4,7,9-10H,5-6,8H2,1H3,(H,15,20). The number of nitrogens with one attached hydrogen (secondary N) is 1. The maximum absolute atomic E-state index is 12.6. The molecular formula is C13H16N6O3S. The Morgan fingerprint density at radius 1 is 1.43 bits per heavy atom. The molecule has 1 fully saturated rings. The summed E-state index contributed by atoms with van der Waals surface area (Å²) in [6.45, 7) is -0.214. The SMILES string of the molecule is CN(CC(=O)NC1CC1)S(=O)(=O)c1cccc(-n2cnnn2)c1. The van der Waals surface area contributed by atoms with Gasteiger partial charge in [-0.25, -0.2) is 13.1 Å². The van der Waals surface area contributed by atoms with Crippen molar-refractivity contribution in [2.24, 2.45) is 0 Å². The number of rotatable bonds is 6. The molecule has 0 aliphatic heterocycles. The van der Waals surface area contributed by atoms with E-state index in [2.05, 4.69) is 20.8 Å². The number of amides is 1. The van der Waals surface area contributed by atoms with Gasteiger partial charge in [-0.2, -0.15) is 4.31 Å². The predicted octanol–water partition coefficient (Wildman–Crippen LogP) is -0.439. The van der Waals surface area contributed by atoms with Gasteiger partial charge in [-0.15, -0.1) is 5.10 Å². The molecule has 0 atom stereocenters. The molecule has 0 bridgehead atoms. The second kappa shape index (κ2) is 6.05. The molecule has 122 valence electrons. The van der Waals surface area contributed by atoms with E-state index < -0.39 is 10.0 Å². The minimum Gasteiger partial charge on any atom is -0.352 e. The summed E-state index contributed by atoms with van der Waals surface area (Å²) >= 11 is 0. The van der Waals surface area contributed by atoms with Gasteiger partial charge >= 0.3 is 0 Å². The fraction of sp³-hybridized carbons (Fsp3) is 0.385. The zero-order valence-electron chi connectivity index (χ0n) is 12.5. The molecule has 1 aromatic heterocycles. The minimum atomic E-state index is -3.77. The Morgan fingerprint density at radius 3 is 2.87 bits per heavy atom. The number of sulfonamides is 1. The molecule has 1 amide bonds. The van der Waals surface area contributed by atoms with Crippen LogP contribution >= 0.6 is 0 Å². The molecule has 0 spiro atoms. The van der Waals surface area contributed by atoms with E-state index in [-0.39, 0.29) is 23.4 Å². The third-order valence-electron chi connectivity index (χ3n) is 3.45. The number of nitrogens with zero attached hydrogens (tertiary/aromatic N) is 5. The number of carbonyl (C=O) groups excluding carboxylic acids is 1. The lowest BCUT2D eigenvalue weighted by atomic mass is 10.3. The van der Waals surface area contributed by atoms with Crippen LogP contribution in [0.3, 0.4) is 0 Å². The molecule has 3 rings (SSSR count). The van der Waals surface area contributed by atoms with Gasteiger partial charge in [-0.1, -0.05) is 6.07 Å². The molecule has 1 N–H and O–H groups in total. The highest BCUT2D eigenvalue weighted by Crippen LogP contribution is 2.19. The highest BCUT2D eigenvalue weighted by atomic mass is 32.2. The average molecular weight is 336 g/mol. The van der Waals surface area contributed by atoms with E-state index in [0.29, 0.717) is 5.69 Å². The third-order valence-corrected chi connectivity index (χ3v) is 5.25. The third kappa shape index (κ3) is 3.54. The Kier molecular flexibility index (Phi) is 4.09. The van der Waals surface area contributed by atoms with Crippen LogP contribution in [0.1, 0.15) is 12.8 Å². The van der Waals surface area contributed by atoms with Crippen molar-refractivity contribution in [3.63, 3.8) is 0 Å². The number of hydrogen-bond donors (Lipinski definition) is 1.